The van der Waals surface area contributed by atoms with Gasteiger partial charge in [0, 0.05) is 10.7 Å². The van der Waals surface area contributed by atoms with Crippen LogP contribution < -0.4 is 11.1 Å². The number of aromatic nitrogens is 2. The predicted octanol–water partition coefficient (Wildman–Crippen LogP) is 2.31. The Hall–Kier alpha value is -2.19. The number of carboxylic acid groups (broad SMARTS) is 1. The van der Waals surface area contributed by atoms with Gasteiger partial charge in [-0.05, 0) is 36.8 Å². The molecule has 1 aromatic heterocycles. The van der Waals surface area contributed by atoms with Crippen molar-refractivity contribution >= 4 is 29.8 Å². The Kier molecular flexibility index (Phi) is 5.17. The third-order valence-electron chi connectivity index (χ3n) is 3.13. The normalized spacial score (nSPS) is 10.6. The molecule has 2 aromatic rings. The van der Waals surface area contributed by atoms with Crippen LogP contribution in [0.25, 0.3) is 0 Å². The van der Waals surface area contributed by atoms with Crippen molar-refractivity contribution in [2.24, 2.45) is 0 Å². The summed E-state index contributed by atoms with van der Waals surface area (Å²) in [4.78, 5) is 23.2. The monoisotopic (exact) mass is 357 g/mol. The minimum absolute atomic E-state index is 0.0519. The van der Waals surface area contributed by atoms with E-state index in [1.807, 2.05) is 0 Å². The molecule has 0 unspecified atom stereocenters. The SMILES string of the molecule is Cc1cc(=S)n(NCc2cc(F)ccc2Cl)c(=O)n1CC(=O)O. The molecule has 9 heteroatoms. The minimum Gasteiger partial charge on any atom is -0.480 e. The van der Waals surface area contributed by atoms with Crippen molar-refractivity contribution in [3.8, 4) is 0 Å². The van der Waals surface area contributed by atoms with Gasteiger partial charge >= 0.3 is 11.7 Å². The van der Waals surface area contributed by atoms with Gasteiger partial charge < -0.3 is 10.5 Å². The van der Waals surface area contributed by atoms with E-state index in [4.69, 9.17) is 28.9 Å². The number of aryl methyl sites for hydroxylation is 1. The van der Waals surface area contributed by atoms with Crippen LogP contribution >= 0.6 is 23.8 Å². The van der Waals surface area contributed by atoms with Gasteiger partial charge in [0.1, 0.15) is 17.0 Å². The molecule has 1 heterocycles. The van der Waals surface area contributed by atoms with Gasteiger partial charge in [0.05, 0.1) is 6.54 Å². The van der Waals surface area contributed by atoms with Crippen LogP contribution in [0, 0.1) is 17.4 Å². The van der Waals surface area contributed by atoms with Gasteiger partial charge in [0.15, 0.2) is 0 Å². The molecule has 0 aliphatic carbocycles. The van der Waals surface area contributed by atoms with Crippen LogP contribution in [-0.2, 0) is 17.9 Å². The van der Waals surface area contributed by atoms with E-state index in [2.05, 4.69) is 5.43 Å². The molecule has 0 saturated heterocycles. The molecule has 6 nitrogen and oxygen atoms in total. The molecule has 0 amide bonds. The van der Waals surface area contributed by atoms with E-state index in [-0.39, 0.29) is 11.2 Å². The van der Waals surface area contributed by atoms with Gasteiger partial charge in [-0.1, -0.05) is 23.8 Å². The van der Waals surface area contributed by atoms with E-state index in [1.165, 1.54) is 24.3 Å². The predicted molar refractivity (Wildman–Crippen MR) is 86.4 cm³/mol. The number of carbonyl (C=O) groups is 1. The van der Waals surface area contributed by atoms with Crippen molar-refractivity contribution in [3.05, 3.63) is 61.5 Å². The van der Waals surface area contributed by atoms with Crippen LogP contribution in [0.2, 0.25) is 5.02 Å². The second-order valence-electron chi connectivity index (χ2n) is 4.79. The Morgan fingerprint density at radius 1 is 1.43 bits per heavy atom. The first kappa shape index (κ1) is 17.2. The maximum Gasteiger partial charge on any atom is 0.348 e. The Labute approximate surface area is 140 Å². The van der Waals surface area contributed by atoms with E-state index < -0.39 is 24.0 Å². The molecule has 1 aromatic carbocycles. The van der Waals surface area contributed by atoms with Gasteiger partial charge in [-0.2, -0.15) is 4.68 Å². The molecule has 0 spiro atoms. The average Bonchev–Trinajstić information content (AvgIpc) is 2.46. The maximum absolute atomic E-state index is 13.2. The molecule has 2 N–H and O–H groups in total. The fraction of sp³-hybridized carbons (Fsp3) is 0.214. The summed E-state index contributed by atoms with van der Waals surface area (Å²) in [6.07, 6.45) is 0. The van der Waals surface area contributed by atoms with Gasteiger partial charge in [0.2, 0.25) is 0 Å². The van der Waals surface area contributed by atoms with Crippen LogP contribution in [0.1, 0.15) is 11.3 Å². The number of halogens is 2. The Bertz CT molecular complexity index is 879. The fourth-order valence-electron chi connectivity index (χ4n) is 2.00. The van der Waals surface area contributed by atoms with E-state index in [0.717, 1.165) is 9.24 Å². The van der Waals surface area contributed by atoms with E-state index >= 15 is 0 Å². The first-order chi connectivity index (χ1) is 10.8. The Morgan fingerprint density at radius 2 is 2.13 bits per heavy atom. The third-order valence-corrected chi connectivity index (χ3v) is 3.80. The summed E-state index contributed by atoms with van der Waals surface area (Å²) in [5, 5.41) is 9.21. The van der Waals surface area contributed by atoms with Gasteiger partial charge in [0.25, 0.3) is 0 Å². The number of nitrogens with zero attached hydrogens (tertiary/aromatic N) is 2. The Morgan fingerprint density at radius 3 is 2.78 bits per heavy atom. The first-order valence-corrected chi connectivity index (χ1v) is 7.31. The summed E-state index contributed by atoms with van der Waals surface area (Å²) in [6.45, 7) is 1.16. The number of aliphatic carboxylic acids is 1. The molecular formula is C14H13ClFN3O3S. The van der Waals surface area contributed by atoms with Crippen molar-refractivity contribution in [2.75, 3.05) is 5.43 Å². The highest BCUT2D eigenvalue weighted by Gasteiger charge is 2.10. The van der Waals surface area contributed by atoms with Crippen LogP contribution in [-0.4, -0.2) is 20.3 Å². The van der Waals surface area contributed by atoms with Crippen LogP contribution in [0.3, 0.4) is 0 Å². The number of hydrogen-bond acceptors (Lipinski definition) is 4. The van der Waals surface area contributed by atoms with Crippen LogP contribution in [0.4, 0.5) is 4.39 Å². The average molecular weight is 358 g/mol. The first-order valence-electron chi connectivity index (χ1n) is 6.52. The molecule has 23 heavy (non-hydrogen) atoms. The van der Waals surface area contributed by atoms with Crippen molar-refractivity contribution in [1.29, 1.82) is 0 Å². The zero-order valence-corrected chi connectivity index (χ0v) is 13.6. The largest absolute Gasteiger partial charge is 0.480 e. The van der Waals surface area contributed by atoms with Crippen molar-refractivity contribution in [1.82, 2.24) is 9.24 Å². The lowest BCUT2D eigenvalue weighted by atomic mass is 10.2. The molecule has 0 bridgehead atoms. The standard InChI is InChI=1S/C14H13ClFN3O3S/c1-8-4-12(23)19(14(22)18(8)7-13(20)21)17-6-9-5-10(16)2-3-11(9)15/h2-5,17H,6-7H2,1H3,(H,20,21). The van der Waals surface area contributed by atoms with Crippen LogP contribution in [0.5, 0.6) is 0 Å². The number of rotatable bonds is 5. The van der Waals surface area contributed by atoms with E-state index in [9.17, 15) is 14.0 Å². The number of benzene rings is 1. The molecule has 2 rings (SSSR count). The zero-order chi connectivity index (χ0) is 17.1. The second-order valence-corrected chi connectivity index (χ2v) is 5.62. The lowest BCUT2D eigenvalue weighted by Gasteiger charge is -2.15. The molecule has 0 saturated carbocycles. The molecule has 0 atom stereocenters. The second kappa shape index (κ2) is 6.93. The lowest BCUT2D eigenvalue weighted by molar-refractivity contribution is -0.137. The highest BCUT2D eigenvalue weighted by atomic mass is 35.5. The molecule has 0 fully saturated rings. The molecule has 0 radical (unpaired) electrons. The van der Waals surface area contributed by atoms with Crippen molar-refractivity contribution in [2.45, 2.75) is 20.0 Å². The number of hydrogen-bond donors (Lipinski definition) is 2. The molecule has 0 aliphatic heterocycles. The van der Waals surface area contributed by atoms with Crippen LogP contribution in [0.15, 0.2) is 29.1 Å². The fourth-order valence-corrected chi connectivity index (χ4v) is 2.50. The topological polar surface area (TPSA) is 76.3 Å². The molecule has 0 aliphatic rings. The quantitative estimate of drug-likeness (QED) is 0.803. The summed E-state index contributed by atoms with van der Waals surface area (Å²) < 4.78 is 15.5. The smallest absolute Gasteiger partial charge is 0.348 e. The number of nitrogens with one attached hydrogen (secondary N) is 1. The summed E-state index contributed by atoms with van der Waals surface area (Å²) in [7, 11) is 0. The van der Waals surface area contributed by atoms with E-state index in [1.54, 1.807) is 6.92 Å². The number of carboxylic acids is 1. The highest BCUT2D eigenvalue weighted by molar-refractivity contribution is 7.71. The summed E-state index contributed by atoms with van der Waals surface area (Å²) in [5.41, 5.74) is 3.00. The summed E-state index contributed by atoms with van der Waals surface area (Å²) in [6, 6.07) is 5.37. The van der Waals surface area contributed by atoms with Gasteiger partial charge in [-0.15, -0.1) is 0 Å². The maximum atomic E-state index is 13.2. The summed E-state index contributed by atoms with van der Waals surface area (Å²) in [5.74, 6) is -1.60. The molecule has 122 valence electrons. The van der Waals surface area contributed by atoms with Gasteiger partial charge in [-0.3, -0.25) is 9.36 Å². The minimum atomic E-state index is -1.15. The molecular weight excluding hydrogens is 345 g/mol. The highest BCUT2D eigenvalue weighted by Crippen LogP contribution is 2.16. The third kappa shape index (κ3) is 3.96. The Balaban J connectivity index is 2.36. The van der Waals surface area contributed by atoms with Crippen molar-refractivity contribution in [3.63, 3.8) is 0 Å². The zero-order valence-electron chi connectivity index (χ0n) is 12.0. The van der Waals surface area contributed by atoms with E-state index in [0.29, 0.717) is 16.3 Å². The summed E-state index contributed by atoms with van der Waals surface area (Å²) >= 11 is 11.1. The van der Waals surface area contributed by atoms with Crippen molar-refractivity contribution < 1.29 is 14.3 Å². The lowest BCUT2D eigenvalue weighted by Crippen LogP contribution is -2.38. The van der Waals surface area contributed by atoms with Gasteiger partial charge in [-0.25, -0.2) is 9.18 Å².